The van der Waals surface area contributed by atoms with E-state index >= 15 is 0 Å². The highest BCUT2D eigenvalue weighted by atomic mass is 35.5. The van der Waals surface area contributed by atoms with Crippen molar-refractivity contribution < 1.29 is 14.4 Å². The lowest BCUT2D eigenvalue weighted by molar-refractivity contribution is -0.132. The molecular formula is C24H26ClN3O3. The van der Waals surface area contributed by atoms with E-state index < -0.39 is 5.92 Å². The van der Waals surface area contributed by atoms with Gasteiger partial charge in [-0.15, -0.1) is 0 Å². The molecule has 3 amide bonds. The molecular weight excluding hydrogens is 414 g/mol. The van der Waals surface area contributed by atoms with E-state index in [2.05, 4.69) is 10.6 Å². The Bertz CT molecular complexity index is 970. The van der Waals surface area contributed by atoms with Crippen molar-refractivity contribution >= 4 is 40.7 Å². The number of carbonyl (C=O) groups excluding carboxylic acids is 3. The second-order valence-electron chi connectivity index (χ2n) is 8.20. The van der Waals surface area contributed by atoms with Crippen LogP contribution < -0.4 is 15.5 Å². The lowest BCUT2D eigenvalue weighted by Gasteiger charge is -2.17. The molecule has 1 saturated carbocycles. The van der Waals surface area contributed by atoms with Crippen LogP contribution in [0, 0.1) is 11.8 Å². The van der Waals surface area contributed by atoms with Crippen LogP contribution in [0.3, 0.4) is 0 Å². The van der Waals surface area contributed by atoms with E-state index in [0.717, 1.165) is 42.6 Å². The minimum absolute atomic E-state index is 0.0672. The van der Waals surface area contributed by atoms with E-state index in [1.807, 2.05) is 24.3 Å². The number of nitrogens with zero attached hydrogens (tertiary/aromatic N) is 1. The topological polar surface area (TPSA) is 78.5 Å². The summed E-state index contributed by atoms with van der Waals surface area (Å²) in [6, 6.07) is 14.5. The smallest absolute Gasteiger partial charge is 0.239 e. The van der Waals surface area contributed by atoms with Gasteiger partial charge in [-0.1, -0.05) is 36.6 Å². The first-order valence-corrected chi connectivity index (χ1v) is 11.1. The normalized spacial score (nSPS) is 18.9. The second kappa shape index (κ2) is 9.52. The fraction of sp³-hybridized carbons (Fsp3) is 0.375. The van der Waals surface area contributed by atoms with Crippen LogP contribution in [0.15, 0.2) is 48.5 Å². The molecule has 2 aliphatic rings. The summed E-state index contributed by atoms with van der Waals surface area (Å²) in [7, 11) is 0. The number of hydrogen-bond donors (Lipinski definition) is 2. The number of amides is 3. The highest BCUT2D eigenvalue weighted by molar-refractivity contribution is 6.30. The molecule has 31 heavy (non-hydrogen) atoms. The van der Waals surface area contributed by atoms with Gasteiger partial charge in [-0.25, -0.2) is 0 Å². The molecule has 4 rings (SSSR count). The number of carbonyl (C=O) groups is 3. The van der Waals surface area contributed by atoms with Crippen molar-refractivity contribution in [3.05, 3.63) is 59.1 Å². The number of anilines is 2. The van der Waals surface area contributed by atoms with Crippen LogP contribution >= 0.6 is 11.6 Å². The van der Waals surface area contributed by atoms with E-state index in [1.54, 1.807) is 29.2 Å². The summed E-state index contributed by atoms with van der Waals surface area (Å²) >= 11 is 5.91. The van der Waals surface area contributed by atoms with Crippen molar-refractivity contribution in [1.29, 1.82) is 0 Å². The summed E-state index contributed by atoms with van der Waals surface area (Å²) in [5, 5.41) is 6.45. The minimum atomic E-state index is -0.694. The van der Waals surface area contributed by atoms with Crippen molar-refractivity contribution in [2.24, 2.45) is 11.8 Å². The van der Waals surface area contributed by atoms with Crippen LogP contribution in [-0.2, 0) is 20.9 Å². The third-order valence-corrected chi connectivity index (χ3v) is 6.30. The highest BCUT2D eigenvalue weighted by Gasteiger charge is 2.37. The Labute approximate surface area is 187 Å². The second-order valence-corrected chi connectivity index (χ2v) is 8.63. The van der Waals surface area contributed by atoms with Gasteiger partial charge in [-0.05, 0) is 61.2 Å². The van der Waals surface area contributed by atoms with Gasteiger partial charge < -0.3 is 15.5 Å². The summed E-state index contributed by atoms with van der Waals surface area (Å²) in [5.74, 6) is -1.00. The van der Waals surface area contributed by atoms with Crippen LogP contribution in [-0.4, -0.2) is 24.3 Å². The highest BCUT2D eigenvalue weighted by Crippen LogP contribution is 2.27. The Morgan fingerprint density at radius 1 is 1.00 bits per heavy atom. The van der Waals surface area contributed by atoms with Gasteiger partial charge in [0.05, 0.1) is 0 Å². The molecule has 7 heteroatoms. The number of benzene rings is 2. The molecule has 0 radical (unpaired) electrons. The van der Waals surface area contributed by atoms with E-state index in [9.17, 15) is 14.4 Å². The lowest BCUT2D eigenvalue weighted by atomic mass is 10.1. The summed E-state index contributed by atoms with van der Waals surface area (Å²) < 4.78 is 0. The van der Waals surface area contributed by atoms with E-state index in [-0.39, 0.29) is 23.6 Å². The average Bonchev–Trinajstić information content (AvgIpc) is 3.43. The molecule has 2 fully saturated rings. The SMILES string of the molecule is O=C(Nc1cccc(CNC(=O)C2CCN(c3ccc(Cl)cc3)C2=O)c1)C1CCCC1. The van der Waals surface area contributed by atoms with Crippen LogP contribution in [0.4, 0.5) is 11.4 Å². The average molecular weight is 440 g/mol. The Hall–Kier alpha value is -2.86. The first kappa shape index (κ1) is 21.4. The third kappa shape index (κ3) is 5.07. The Morgan fingerprint density at radius 3 is 2.48 bits per heavy atom. The van der Waals surface area contributed by atoms with Gasteiger partial charge in [0.1, 0.15) is 5.92 Å². The molecule has 0 aromatic heterocycles. The molecule has 0 spiro atoms. The molecule has 162 valence electrons. The summed E-state index contributed by atoms with van der Waals surface area (Å²) in [5.41, 5.74) is 2.35. The predicted octanol–water partition coefficient (Wildman–Crippen LogP) is 4.14. The molecule has 2 N–H and O–H groups in total. The minimum Gasteiger partial charge on any atom is -0.351 e. The molecule has 2 aromatic carbocycles. The quantitative estimate of drug-likeness (QED) is 0.664. The number of rotatable bonds is 6. The zero-order valence-electron chi connectivity index (χ0n) is 17.3. The number of nitrogens with one attached hydrogen (secondary N) is 2. The number of halogens is 1. The van der Waals surface area contributed by atoms with Crippen molar-refractivity contribution in [3.63, 3.8) is 0 Å². The third-order valence-electron chi connectivity index (χ3n) is 6.05. The standard InChI is InChI=1S/C24H26ClN3O3/c25-18-8-10-20(11-9-18)28-13-12-21(24(28)31)23(30)26-15-16-4-3-7-19(14-16)27-22(29)17-5-1-2-6-17/h3-4,7-11,14,17,21H,1-2,5-6,12-13,15H2,(H,26,30)(H,27,29). The molecule has 1 aliphatic carbocycles. The van der Waals surface area contributed by atoms with E-state index in [1.165, 1.54) is 0 Å². The van der Waals surface area contributed by atoms with Gasteiger partial charge in [0.2, 0.25) is 17.7 Å². The van der Waals surface area contributed by atoms with Gasteiger partial charge in [-0.2, -0.15) is 0 Å². The van der Waals surface area contributed by atoms with Gasteiger partial charge >= 0.3 is 0 Å². The molecule has 1 saturated heterocycles. The maximum Gasteiger partial charge on any atom is 0.239 e. The van der Waals surface area contributed by atoms with Crippen LogP contribution in [0.1, 0.15) is 37.7 Å². The monoisotopic (exact) mass is 439 g/mol. The van der Waals surface area contributed by atoms with Crippen molar-refractivity contribution in [3.8, 4) is 0 Å². The van der Waals surface area contributed by atoms with E-state index in [0.29, 0.717) is 24.5 Å². The fourth-order valence-corrected chi connectivity index (χ4v) is 4.43. The maximum absolute atomic E-state index is 12.7. The van der Waals surface area contributed by atoms with Crippen molar-refractivity contribution in [1.82, 2.24) is 5.32 Å². The lowest BCUT2D eigenvalue weighted by Crippen LogP contribution is -2.36. The van der Waals surface area contributed by atoms with Crippen LogP contribution in [0.2, 0.25) is 5.02 Å². The Kier molecular flexibility index (Phi) is 6.56. The summed E-state index contributed by atoms with van der Waals surface area (Å²) in [4.78, 5) is 39.3. The molecule has 2 aromatic rings. The summed E-state index contributed by atoms with van der Waals surface area (Å²) in [6.45, 7) is 0.804. The molecule has 1 aliphatic heterocycles. The Morgan fingerprint density at radius 2 is 1.74 bits per heavy atom. The zero-order valence-corrected chi connectivity index (χ0v) is 18.0. The maximum atomic E-state index is 12.7. The number of hydrogen-bond acceptors (Lipinski definition) is 3. The Balaban J connectivity index is 1.32. The van der Waals surface area contributed by atoms with Gasteiger partial charge in [0, 0.05) is 35.4 Å². The molecule has 1 unspecified atom stereocenters. The van der Waals surface area contributed by atoms with Crippen LogP contribution in [0.25, 0.3) is 0 Å². The van der Waals surface area contributed by atoms with E-state index in [4.69, 9.17) is 11.6 Å². The zero-order chi connectivity index (χ0) is 21.8. The molecule has 6 nitrogen and oxygen atoms in total. The molecule has 1 heterocycles. The summed E-state index contributed by atoms with van der Waals surface area (Å²) in [6.07, 6.45) is 4.60. The van der Waals surface area contributed by atoms with Crippen molar-refractivity contribution in [2.45, 2.75) is 38.6 Å². The first-order chi connectivity index (χ1) is 15.0. The van der Waals surface area contributed by atoms with Crippen molar-refractivity contribution in [2.75, 3.05) is 16.8 Å². The predicted molar refractivity (Wildman–Crippen MR) is 121 cm³/mol. The van der Waals surface area contributed by atoms with Crippen LogP contribution in [0.5, 0.6) is 0 Å². The van der Waals surface area contributed by atoms with Gasteiger partial charge in [-0.3, -0.25) is 14.4 Å². The van der Waals surface area contributed by atoms with Gasteiger partial charge in [0.25, 0.3) is 0 Å². The molecule has 0 bridgehead atoms. The molecule has 1 atom stereocenters. The van der Waals surface area contributed by atoms with Gasteiger partial charge in [0.15, 0.2) is 0 Å². The first-order valence-electron chi connectivity index (χ1n) is 10.8. The fourth-order valence-electron chi connectivity index (χ4n) is 4.30. The largest absolute Gasteiger partial charge is 0.351 e.